The first kappa shape index (κ1) is 15.1. The molecule has 0 aromatic heterocycles. The summed E-state index contributed by atoms with van der Waals surface area (Å²) in [7, 11) is 2.16. The van der Waals surface area contributed by atoms with Crippen LogP contribution in [0.2, 0.25) is 10.0 Å². The summed E-state index contributed by atoms with van der Waals surface area (Å²) in [6.07, 6.45) is 2.36. The lowest BCUT2D eigenvalue weighted by atomic mass is 9.93. The lowest BCUT2D eigenvalue weighted by Gasteiger charge is -2.27. The number of nitrogens with one attached hydrogen (secondary N) is 1. The van der Waals surface area contributed by atoms with Crippen molar-refractivity contribution in [2.45, 2.75) is 25.8 Å². The molecular formula is C15H22Cl2N2. The molecule has 0 spiro atoms. The third-order valence-corrected chi connectivity index (χ3v) is 4.56. The molecule has 2 unspecified atom stereocenters. The molecule has 1 fully saturated rings. The zero-order valence-corrected chi connectivity index (χ0v) is 13.1. The van der Waals surface area contributed by atoms with E-state index in [1.807, 2.05) is 18.2 Å². The van der Waals surface area contributed by atoms with Crippen LogP contribution in [0.5, 0.6) is 0 Å². The summed E-state index contributed by atoms with van der Waals surface area (Å²) in [5, 5.41) is 5.09. The van der Waals surface area contributed by atoms with E-state index in [0.29, 0.717) is 12.0 Å². The molecule has 1 aromatic carbocycles. The van der Waals surface area contributed by atoms with Crippen LogP contribution in [0.4, 0.5) is 0 Å². The first-order valence-electron chi connectivity index (χ1n) is 7.00. The fourth-order valence-electron chi connectivity index (χ4n) is 2.95. The van der Waals surface area contributed by atoms with Gasteiger partial charge in [0.1, 0.15) is 0 Å². The van der Waals surface area contributed by atoms with Gasteiger partial charge in [-0.15, -0.1) is 0 Å². The van der Waals surface area contributed by atoms with E-state index < -0.39 is 0 Å². The van der Waals surface area contributed by atoms with Crippen LogP contribution in [0.15, 0.2) is 18.2 Å². The van der Waals surface area contributed by atoms with Gasteiger partial charge in [-0.05, 0) is 57.6 Å². The molecular weight excluding hydrogens is 279 g/mol. The number of nitrogens with zero attached hydrogens (tertiary/aromatic N) is 1. The van der Waals surface area contributed by atoms with E-state index in [0.717, 1.165) is 35.2 Å². The fraction of sp³-hybridized carbons (Fsp3) is 0.600. The maximum atomic E-state index is 6.37. The Kier molecular flexibility index (Phi) is 5.52. The van der Waals surface area contributed by atoms with Gasteiger partial charge >= 0.3 is 0 Å². The molecule has 1 aromatic rings. The van der Waals surface area contributed by atoms with Crippen molar-refractivity contribution in [2.75, 3.05) is 26.7 Å². The molecule has 0 aliphatic carbocycles. The summed E-state index contributed by atoms with van der Waals surface area (Å²) in [6, 6.07) is 6.11. The van der Waals surface area contributed by atoms with Crippen LogP contribution in [0.1, 0.15) is 31.4 Å². The van der Waals surface area contributed by atoms with Crippen LogP contribution in [0, 0.1) is 5.92 Å². The Labute approximate surface area is 126 Å². The molecule has 1 N–H and O–H groups in total. The number of hydrogen-bond donors (Lipinski definition) is 1. The van der Waals surface area contributed by atoms with E-state index >= 15 is 0 Å². The Bertz CT molecular complexity index is 402. The highest BCUT2D eigenvalue weighted by Crippen LogP contribution is 2.42. The normalized spacial score (nSPS) is 24.0. The Hall–Kier alpha value is -0.280. The third-order valence-electron chi connectivity index (χ3n) is 3.90. The number of likely N-dealkylation sites (tertiary alicyclic amines) is 1. The second-order valence-electron chi connectivity index (χ2n) is 5.31. The summed E-state index contributed by atoms with van der Waals surface area (Å²) in [5.41, 5.74) is 1.09. The van der Waals surface area contributed by atoms with Gasteiger partial charge in [-0.2, -0.15) is 0 Å². The average molecular weight is 301 g/mol. The van der Waals surface area contributed by atoms with Gasteiger partial charge in [0.2, 0.25) is 0 Å². The minimum atomic E-state index is 0.325. The first-order chi connectivity index (χ1) is 9.15. The molecule has 1 aliphatic rings. The van der Waals surface area contributed by atoms with Gasteiger partial charge < -0.3 is 5.32 Å². The van der Waals surface area contributed by atoms with Crippen LogP contribution >= 0.6 is 23.2 Å². The van der Waals surface area contributed by atoms with E-state index in [1.54, 1.807) is 0 Å². The lowest BCUT2D eigenvalue weighted by Crippen LogP contribution is -2.29. The van der Waals surface area contributed by atoms with Gasteiger partial charge in [-0.3, -0.25) is 4.90 Å². The molecule has 19 heavy (non-hydrogen) atoms. The van der Waals surface area contributed by atoms with Crippen LogP contribution in [-0.4, -0.2) is 31.6 Å². The molecule has 2 nitrogen and oxygen atoms in total. The molecule has 106 valence electrons. The average Bonchev–Trinajstić information content (AvgIpc) is 2.72. The van der Waals surface area contributed by atoms with Crippen LogP contribution in [0.25, 0.3) is 0 Å². The molecule has 1 saturated heterocycles. The van der Waals surface area contributed by atoms with Crippen molar-refractivity contribution in [3.8, 4) is 0 Å². The smallest absolute Gasteiger partial charge is 0.0468 e. The van der Waals surface area contributed by atoms with Crippen molar-refractivity contribution in [1.29, 1.82) is 0 Å². The zero-order chi connectivity index (χ0) is 13.8. The molecule has 2 atom stereocenters. The Morgan fingerprint density at radius 2 is 2.00 bits per heavy atom. The highest BCUT2D eigenvalue weighted by atomic mass is 35.5. The minimum absolute atomic E-state index is 0.325. The van der Waals surface area contributed by atoms with Crippen molar-refractivity contribution in [1.82, 2.24) is 10.2 Å². The second-order valence-corrected chi connectivity index (χ2v) is 6.13. The molecule has 1 aliphatic heterocycles. The highest BCUT2D eigenvalue weighted by Gasteiger charge is 2.35. The summed E-state index contributed by atoms with van der Waals surface area (Å²) in [5.74, 6) is 0.578. The molecule has 0 radical (unpaired) electrons. The maximum Gasteiger partial charge on any atom is 0.0468 e. The van der Waals surface area contributed by atoms with Gasteiger partial charge in [-0.1, -0.05) is 36.2 Å². The first-order valence-corrected chi connectivity index (χ1v) is 7.75. The fourth-order valence-corrected chi connectivity index (χ4v) is 3.57. The Balaban J connectivity index is 2.19. The van der Waals surface area contributed by atoms with Crippen molar-refractivity contribution >= 4 is 23.2 Å². The molecule has 0 saturated carbocycles. The van der Waals surface area contributed by atoms with Crippen molar-refractivity contribution in [2.24, 2.45) is 5.92 Å². The molecule has 0 bridgehead atoms. The summed E-state index contributed by atoms with van der Waals surface area (Å²) >= 11 is 12.7. The predicted molar refractivity (Wildman–Crippen MR) is 83.1 cm³/mol. The Morgan fingerprint density at radius 3 is 2.63 bits per heavy atom. The van der Waals surface area contributed by atoms with Gasteiger partial charge in [0.15, 0.2) is 0 Å². The van der Waals surface area contributed by atoms with Gasteiger partial charge in [0.25, 0.3) is 0 Å². The number of benzene rings is 1. The molecule has 4 heteroatoms. The molecule has 2 rings (SSSR count). The summed E-state index contributed by atoms with van der Waals surface area (Å²) in [6.45, 7) is 5.40. The highest BCUT2D eigenvalue weighted by molar-refractivity contribution is 6.36. The van der Waals surface area contributed by atoms with Crippen LogP contribution in [-0.2, 0) is 0 Å². The van der Waals surface area contributed by atoms with E-state index in [1.165, 1.54) is 12.8 Å². The van der Waals surface area contributed by atoms with E-state index in [-0.39, 0.29) is 0 Å². The molecule has 0 amide bonds. The van der Waals surface area contributed by atoms with Crippen molar-refractivity contribution in [3.05, 3.63) is 33.8 Å². The zero-order valence-electron chi connectivity index (χ0n) is 11.6. The van der Waals surface area contributed by atoms with Crippen molar-refractivity contribution < 1.29 is 0 Å². The van der Waals surface area contributed by atoms with Gasteiger partial charge in [0.05, 0.1) is 0 Å². The van der Waals surface area contributed by atoms with E-state index in [4.69, 9.17) is 23.2 Å². The SMILES string of the molecule is CCCNCC1CCN(C)C1c1c(Cl)cccc1Cl. The standard InChI is InChI=1S/C15H22Cl2N2/c1-3-8-18-10-11-7-9-19(2)15(11)14-12(16)5-4-6-13(14)17/h4-6,11,15,18H,3,7-10H2,1-2H3. The number of rotatable bonds is 5. The lowest BCUT2D eigenvalue weighted by molar-refractivity contribution is 0.272. The van der Waals surface area contributed by atoms with E-state index in [2.05, 4.69) is 24.2 Å². The Morgan fingerprint density at radius 1 is 1.32 bits per heavy atom. The number of hydrogen-bond acceptors (Lipinski definition) is 2. The monoisotopic (exact) mass is 300 g/mol. The van der Waals surface area contributed by atoms with Crippen LogP contribution < -0.4 is 5.32 Å². The largest absolute Gasteiger partial charge is 0.316 e. The van der Waals surface area contributed by atoms with Gasteiger partial charge in [-0.25, -0.2) is 0 Å². The topological polar surface area (TPSA) is 15.3 Å². The van der Waals surface area contributed by atoms with Gasteiger partial charge in [0, 0.05) is 21.7 Å². The molecule has 1 heterocycles. The van der Waals surface area contributed by atoms with E-state index in [9.17, 15) is 0 Å². The summed E-state index contributed by atoms with van der Waals surface area (Å²) in [4.78, 5) is 2.37. The number of halogens is 2. The third kappa shape index (κ3) is 3.43. The summed E-state index contributed by atoms with van der Waals surface area (Å²) < 4.78 is 0. The van der Waals surface area contributed by atoms with Crippen molar-refractivity contribution in [3.63, 3.8) is 0 Å². The second kappa shape index (κ2) is 6.94. The van der Waals surface area contributed by atoms with Crippen LogP contribution in [0.3, 0.4) is 0 Å². The quantitative estimate of drug-likeness (QED) is 0.827. The predicted octanol–water partition coefficient (Wildman–Crippen LogP) is 3.99. The maximum absolute atomic E-state index is 6.37. The minimum Gasteiger partial charge on any atom is -0.316 e.